The summed E-state index contributed by atoms with van der Waals surface area (Å²) in [5.74, 6) is -1.75. The van der Waals surface area contributed by atoms with E-state index in [1.54, 1.807) is 0 Å². The molecule has 1 fully saturated rings. The average molecular weight is 157 g/mol. The van der Waals surface area contributed by atoms with Gasteiger partial charge in [0.2, 0.25) is 5.91 Å². The van der Waals surface area contributed by atoms with Crippen LogP contribution in [-0.4, -0.2) is 24.0 Å². The maximum atomic E-state index is 10.9. The molecule has 0 aromatic carbocycles. The van der Waals surface area contributed by atoms with Gasteiger partial charge < -0.3 is 10.4 Å². The van der Waals surface area contributed by atoms with Gasteiger partial charge in [-0.25, -0.2) is 0 Å². The van der Waals surface area contributed by atoms with Gasteiger partial charge in [0, 0.05) is 7.05 Å². The summed E-state index contributed by atoms with van der Waals surface area (Å²) in [4.78, 5) is 21.4. The lowest BCUT2D eigenvalue weighted by molar-refractivity contribution is -0.152. The van der Waals surface area contributed by atoms with Crippen LogP contribution in [0.5, 0.6) is 0 Å². The summed E-state index contributed by atoms with van der Waals surface area (Å²) in [7, 11) is 1.53. The molecule has 0 heterocycles. The van der Waals surface area contributed by atoms with Crippen LogP contribution in [0.15, 0.2) is 0 Å². The Labute approximate surface area is 64.6 Å². The van der Waals surface area contributed by atoms with Crippen LogP contribution < -0.4 is 5.32 Å². The van der Waals surface area contributed by atoms with E-state index in [2.05, 4.69) is 5.32 Å². The largest absolute Gasteiger partial charge is 0.481 e. The molecule has 1 amide bonds. The normalized spacial score (nSPS) is 28.8. The van der Waals surface area contributed by atoms with Crippen molar-refractivity contribution in [2.45, 2.75) is 12.8 Å². The highest BCUT2D eigenvalue weighted by atomic mass is 16.4. The van der Waals surface area contributed by atoms with Crippen LogP contribution in [-0.2, 0) is 9.59 Å². The first-order valence-corrected chi connectivity index (χ1v) is 3.61. The minimum Gasteiger partial charge on any atom is -0.481 e. The van der Waals surface area contributed by atoms with Gasteiger partial charge in [0.25, 0.3) is 0 Å². The maximum absolute atomic E-state index is 10.9. The molecule has 0 aromatic heterocycles. The summed E-state index contributed by atoms with van der Waals surface area (Å²) in [6.45, 7) is 0. The van der Waals surface area contributed by atoms with Gasteiger partial charge in [0.1, 0.15) is 0 Å². The molecule has 0 radical (unpaired) electrons. The number of carbonyl (C=O) groups is 2. The number of carbonyl (C=O) groups excluding carboxylic acids is 1. The zero-order valence-electron chi connectivity index (χ0n) is 6.33. The standard InChI is InChI=1S/C7H11NO3/c1-8-6(9)4-2-3-5(4)7(10)11/h4-5H,2-3H2,1H3,(H,8,9)(H,10,11). The fourth-order valence-electron chi connectivity index (χ4n) is 1.29. The van der Waals surface area contributed by atoms with Crippen LogP contribution in [0.25, 0.3) is 0 Å². The minimum atomic E-state index is -0.857. The predicted octanol–water partition coefficient (Wildman–Crippen LogP) is -0.157. The smallest absolute Gasteiger partial charge is 0.307 e. The third-order valence-corrected chi connectivity index (χ3v) is 2.17. The Hall–Kier alpha value is -1.06. The van der Waals surface area contributed by atoms with Gasteiger partial charge in [-0.3, -0.25) is 9.59 Å². The lowest BCUT2D eigenvalue weighted by Crippen LogP contribution is -2.42. The number of nitrogens with one attached hydrogen (secondary N) is 1. The van der Waals surface area contributed by atoms with Gasteiger partial charge in [0.05, 0.1) is 11.8 Å². The number of carboxylic acids is 1. The minimum absolute atomic E-state index is 0.149. The molecule has 62 valence electrons. The Morgan fingerprint density at radius 2 is 1.91 bits per heavy atom. The molecule has 2 unspecified atom stereocenters. The van der Waals surface area contributed by atoms with Crippen LogP contribution in [0, 0.1) is 11.8 Å². The molecular weight excluding hydrogens is 146 g/mol. The van der Waals surface area contributed by atoms with Gasteiger partial charge in [-0.05, 0) is 12.8 Å². The van der Waals surface area contributed by atoms with Crippen LogP contribution in [0.2, 0.25) is 0 Å². The van der Waals surface area contributed by atoms with Crippen molar-refractivity contribution < 1.29 is 14.7 Å². The van der Waals surface area contributed by atoms with E-state index >= 15 is 0 Å². The SMILES string of the molecule is CNC(=O)C1CCC1C(=O)O. The number of rotatable bonds is 2. The van der Waals surface area contributed by atoms with Gasteiger partial charge in [-0.15, -0.1) is 0 Å². The van der Waals surface area contributed by atoms with Crippen molar-refractivity contribution in [1.82, 2.24) is 5.32 Å². The summed E-state index contributed by atoms with van der Waals surface area (Å²) in [6, 6.07) is 0. The number of amides is 1. The second kappa shape index (κ2) is 2.90. The molecule has 0 aromatic rings. The molecule has 2 atom stereocenters. The third-order valence-electron chi connectivity index (χ3n) is 2.17. The molecule has 4 heteroatoms. The van der Waals surface area contributed by atoms with E-state index in [0.717, 1.165) is 0 Å². The molecule has 1 aliphatic carbocycles. The van der Waals surface area contributed by atoms with Crippen molar-refractivity contribution >= 4 is 11.9 Å². The third kappa shape index (κ3) is 1.34. The van der Waals surface area contributed by atoms with Crippen LogP contribution in [0.4, 0.5) is 0 Å². The number of aliphatic carboxylic acids is 1. The second-order valence-electron chi connectivity index (χ2n) is 2.74. The number of hydrogen-bond donors (Lipinski definition) is 2. The summed E-state index contributed by atoms with van der Waals surface area (Å²) in [5, 5.41) is 11.0. The van der Waals surface area contributed by atoms with E-state index < -0.39 is 11.9 Å². The van der Waals surface area contributed by atoms with Gasteiger partial charge in [-0.2, -0.15) is 0 Å². The Kier molecular flexibility index (Phi) is 2.12. The topological polar surface area (TPSA) is 66.4 Å². The average Bonchev–Trinajstić information content (AvgIpc) is 1.83. The zero-order valence-corrected chi connectivity index (χ0v) is 6.33. The van der Waals surface area contributed by atoms with Crippen LogP contribution in [0.1, 0.15) is 12.8 Å². The van der Waals surface area contributed by atoms with Crippen LogP contribution in [0.3, 0.4) is 0 Å². The van der Waals surface area contributed by atoms with E-state index in [4.69, 9.17) is 5.11 Å². The van der Waals surface area contributed by atoms with Crippen molar-refractivity contribution in [2.75, 3.05) is 7.05 Å². The first kappa shape index (κ1) is 8.04. The molecule has 0 aliphatic heterocycles. The first-order valence-electron chi connectivity index (χ1n) is 3.61. The van der Waals surface area contributed by atoms with E-state index in [1.165, 1.54) is 7.05 Å². The maximum Gasteiger partial charge on any atom is 0.307 e. The summed E-state index contributed by atoms with van der Waals surface area (Å²) < 4.78 is 0. The molecule has 0 spiro atoms. The van der Waals surface area contributed by atoms with Crippen molar-refractivity contribution in [1.29, 1.82) is 0 Å². The highest BCUT2D eigenvalue weighted by Gasteiger charge is 2.40. The summed E-state index contributed by atoms with van der Waals surface area (Å²) >= 11 is 0. The molecule has 11 heavy (non-hydrogen) atoms. The number of carboxylic acid groups (broad SMARTS) is 1. The Morgan fingerprint density at radius 1 is 1.36 bits per heavy atom. The quantitative estimate of drug-likeness (QED) is 0.585. The van der Waals surface area contributed by atoms with E-state index in [1.807, 2.05) is 0 Å². The molecule has 1 rings (SSSR count). The van der Waals surface area contributed by atoms with E-state index in [9.17, 15) is 9.59 Å². The predicted molar refractivity (Wildman–Crippen MR) is 37.9 cm³/mol. The van der Waals surface area contributed by atoms with Gasteiger partial charge in [0.15, 0.2) is 0 Å². The van der Waals surface area contributed by atoms with E-state index in [-0.39, 0.29) is 11.8 Å². The monoisotopic (exact) mass is 157 g/mol. The van der Waals surface area contributed by atoms with E-state index in [0.29, 0.717) is 12.8 Å². The molecular formula is C7H11NO3. The Morgan fingerprint density at radius 3 is 2.18 bits per heavy atom. The fourth-order valence-corrected chi connectivity index (χ4v) is 1.29. The first-order chi connectivity index (χ1) is 5.16. The zero-order chi connectivity index (χ0) is 8.43. The van der Waals surface area contributed by atoms with Crippen molar-refractivity contribution in [2.24, 2.45) is 11.8 Å². The Bertz CT molecular complexity index is 190. The molecule has 4 nitrogen and oxygen atoms in total. The van der Waals surface area contributed by atoms with Crippen LogP contribution >= 0.6 is 0 Å². The second-order valence-corrected chi connectivity index (χ2v) is 2.74. The lowest BCUT2D eigenvalue weighted by atomic mass is 9.73. The molecule has 1 saturated carbocycles. The van der Waals surface area contributed by atoms with Crippen molar-refractivity contribution in [3.05, 3.63) is 0 Å². The molecule has 2 N–H and O–H groups in total. The molecule has 1 aliphatic rings. The van der Waals surface area contributed by atoms with Crippen molar-refractivity contribution in [3.8, 4) is 0 Å². The fraction of sp³-hybridized carbons (Fsp3) is 0.714. The lowest BCUT2D eigenvalue weighted by Gasteiger charge is -2.31. The number of hydrogen-bond acceptors (Lipinski definition) is 2. The highest BCUT2D eigenvalue weighted by molar-refractivity contribution is 5.86. The summed E-state index contributed by atoms with van der Waals surface area (Å²) in [6.07, 6.45) is 1.34. The highest BCUT2D eigenvalue weighted by Crippen LogP contribution is 2.34. The summed E-state index contributed by atoms with van der Waals surface area (Å²) in [5.41, 5.74) is 0. The Balaban J connectivity index is 2.49. The van der Waals surface area contributed by atoms with Crippen molar-refractivity contribution in [3.63, 3.8) is 0 Å². The van der Waals surface area contributed by atoms with Gasteiger partial charge >= 0.3 is 5.97 Å². The molecule has 0 bridgehead atoms. The molecule has 0 saturated heterocycles. The van der Waals surface area contributed by atoms with Gasteiger partial charge in [-0.1, -0.05) is 0 Å².